The van der Waals surface area contributed by atoms with Gasteiger partial charge in [-0.05, 0) is 67.9 Å². The second kappa shape index (κ2) is 13.2. The summed E-state index contributed by atoms with van der Waals surface area (Å²) in [5, 5.41) is 10.6. The van der Waals surface area contributed by atoms with E-state index in [1.54, 1.807) is 38.6 Å². The summed E-state index contributed by atoms with van der Waals surface area (Å²) < 4.78 is -0.808. The van der Waals surface area contributed by atoms with Crippen LogP contribution in [0.1, 0.15) is 44.7 Å². The van der Waals surface area contributed by atoms with Gasteiger partial charge in [0.1, 0.15) is 6.04 Å². The number of hydrogen-bond acceptors (Lipinski definition) is 5. The summed E-state index contributed by atoms with van der Waals surface area (Å²) in [6.45, 7) is 18.4. The monoisotopic (exact) mass is 629 g/mol. The van der Waals surface area contributed by atoms with E-state index in [1.165, 1.54) is 0 Å². The Morgan fingerprint density at radius 1 is 1.07 bits per heavy atom. The van der Waals surface area contributed by atoms with Crippen molar-refractivity contribution in [2.24, 2.45) is 23.7 Å². The molecule has 3 fully saturated rings. The predicted octanol–water partition coefficient (Wildman–Crippen LogP) is 5.79. The van der Waals surface area contributed by atoms with Crippen LogP contribution < -0.4 is 9.80 Å². The van der Waals surface area contributed by atoms with Crippen LogP contribution in [0.2, 0.25) is 0 Å². The van der Waals surface area contributed by atoms with E-state index in [1.807, 2.05) is 62.4 Å². The van der Waals surface area contributed by atoms with Crippen molar-refractivity contribution in [3.8, 4) is 0 Å². The van der Waals surface area contributed by atoms with Gasteiger partial charge < -0.3 is 19.8 Å². The summed E-state index contributed by atoms with van der Waals surface area (Å²) in [7, 11) is 0. The Morgan fingerprint density at radius 3 is 2.36 bits per heavy atom. The summed E-state index contributed by atoms with van der Waals surface area (Å²) in [5.41, 5.74) is 3.52. The van der Waals surface area contributed by atoms with E-state index in [4.69, 9.17) is 0 Å². The number of benzene rings is 2. The Kier molecular flexibility index (Phi) is 9.66. The minimum absolute atomic E-state index is 0.0107. The summed E-state index contributed by atoms with van der Waals surface area (Å²) in [4.78, 5) is 49.8. The lowest BCUT2D eigenvalue weighted by molar-refractivity contribution is -0.142. The molecular weight excluding hydrogens is 582 g/mol. The molecule has 0 aliphatic carbocycles. The molecule has 8 heteroatoms. The van der Waals surface area contributed by atoms with E-state index in [0.717, 1.165) is 28.9 Å². The number of para-hydroxylation sites is 1. The van der Waals surface area contributed by atoms with Gasteiger partial charge in [-0.15, -0.1) is 24.9 Å². The van der Waals surface area contributed by atoms with Gasteiger partial charge in [-0.2, -0.15) is 0 Å². The molecule has 45 heavy (non-hydrogen) atoms. The van der Waals surface area contributed by atoms with Crippen molar-refractivity contribution in [3.05, 3.63) is 85.0 Å². The molecule has 3 amide bonds. The molecule has 3 heterocycles. The maximum atomic E-state index is 15.1. The van der Waals surface area contributed by atoms with Crippen molar-refractivity contribution >= 4 is 40.9 Å². The third-order valence-corrected chi connectivity index (χ3v) is 12.0. The summed E-state index contributed by atoms with van der Waals surface area (Å²) >= 11 is 1.66. The maximum absolute atomic E-state index is 15.1. The Balaban J connectivity index is 1.66. The minimum atomic E-state index is -0.835. The molecule has 7 atom stereocenters. The average molecular weight is 630 g/mol. The zero-order chi connectivity index (χ0) is 32.6. The Hall–Kier alpha value is -3.36. The lowest BCUT2D eigenvalue weighted by atomic mass is 9.65. The molecule has 240 valence electrons. The fourth-order valence-electron chi connectivity index (χ4n) is 8.07. The van der Waals surface area contributed by atoms with Crippen LogP contribution in [-0.2, 0) is 14.4 Å². The number of anilines is 2. The molecule has 2 aromatic carbocycles. The zero-order valence-corrected chi connectivity index (χ0v) is 28.0. The van der Waals surface area contributed by atoms with Crippen LogP contribution in [-0.4, -0.2) is 69.5 Å². The standard InChI is InChI=1S/C37H47N3O4S/c1-8-17-38(27-13-11-10-12-14-27)34(42)31-30-21-26(7)37(45-30)32(31)35(43)40(28(22-41)19-23(3)4)33(37)36(44)39(18-9-2)29-20-24(5)15-16-25(29)6/h8-16,20,23,26,28,30-33,41H,1-2,17-19,21-22H2,3-7H3/t26?,28-,30-,31+,32+,33?,37?/m1/s1. The van der Waals surface area contributed by atoms with E-state index in [0.29, 0.717) is 13.0 Å². The van der Waals surface area contributed by atoms with Gasteiger partial charge in [0.2, 0.25) is 11.8 Å². The van der Waals surface area contributed by atoms with Gasteiger partial charge in [0.05, 0.1) is 29.2 Å². The molecule has 0 saturated carbocycles. The number of nitrogens with zero attached hydrogens (tertiary/aromatic N) is 3. The first kappa shape index (κ1) is 33.0. The number of carbonyl (C=O) groups excluding carboxylic acids is 3. The fourth-order valence-corrected chi connectivity index (χ4v) is 10.5. The summed E-state index contributed by atoms with van der Waals surface area (Å²) in [6, 6.07) is 14.2. The number of amides is 3. The van der Waals surface area contributed by atoms with Crippen LogP contribution in [0.25, 0.3) is 0 Å². The van der Waals surface area contributed by atoms with Gasteiger partial charge in [-0.25, -0.2) is 0 Å². The Labute approximate surface area is 272 Å². The predicted molar refractivity (Wildman–Crippen MR) is 183 cm³/mol. The number of likely N-dealkylation sites (tertiary alicyclic amines) is 1. The molecule has 2 bridgehead atoms. The molecule has 2 aromatic rings. The first-order valence-electron chi connectivity index (χ1n) is 16.1. The largest absolute Gasteiger partial charge is 0.394 e. The molecule has 3 saturated heterocycles. The number of hydrogen-bond donors (Lipinski definition) is 1. The molecule has 1 N–H and O–H groups in total. The molecule has 1 spiro atoms. The number of carbonyl (C=O) groups is 3. The molecule has 3 unspecified atom stereocenters. The summed E-state index contributed by atoms with van der Waals surface area (Å²) in [6.07, 6.45) is 4.71. The number of rotatable bonds is 12. The smallest absolute Gasteiger partial charge is 0.251 e. The van der Waals surface area contributed by atoms with Gasteiger partial charge in [-0.3, -0.25) is 14.4 Å². The molecule has 0 radical (unpaired) electrons. The van der Waals surface area contributed by atoms with Crippen molar-refractivity contribution < 1.29 is 19.5 Å². The molecule has 3 aliphatic heterocycles. The Morgan fingerprint density at radius 2 is 1.73 bits per heavy atom. The van der Waals surface area contributed by atoms with Crippen LogP contribution in [0.15, 0.2) is 73.8 Å². The van der Waals surface area contributed by atoms with E-state index in [-0.39, 0.29) is 48.0 Å². The van der Waals surface area contributed by atoms with E-state index >= 15 is 4.79 Å². The van der Waals surface area contributed by atoms with Gasteiger partial charge >= 0.3 is 0 Å². The Bertz CT molecular complexity index is 1460. The summed E-state index contributed by atoms with van der Waals surface area (Å²) in [5.74, 6) is -1.56. The number of aliphatic hydroxyl groups is 1. The number of fused-ring (bicyclic) bond motifs is 1. The first-order chi connectivity index (χ1) is 21.5. The second-order valence-electron chi connectivity index (χ2n) is 13.4. The van der Waals surface area contributed by atoms with E-state index in [9.17, 15) is 14.7 Å². The third kappa shape index (κ3) is 5.54. The topological polar surface area (TPSA) is 81.2 Å². The highest BCUT2D eigenvalue weighted by molar-refractivity contribution is 8.02. The van der Waals surface area contributed by atoms with Gasteiger partial charge in [0, 0.05) is 29.7 Å². The minimum Gasteiger partial charge on any atom is -0.394 e. The molecule has 0 aromatic heterocycles. The van der Waals surface area contributed by atoms with Gasteiger partial charge in [0.15, 0.2) is 0 Å². The highest BCUT2D eigenvalue weighted by atomic mass is 32.2. The third-order valence-electron chi connectivity index (χ3n) is 9.93. The molecule has 5 rings (SSSR count). The van der Waals surface area contributed by atoms with Crippen molar-refractivity contribution in [3.63, 3.8) is 0 Å². The van der Waals surface area contributed by atoms with Crippen LogP contribution in [0.4, 0.5) is 11.4 Å². The van der Waals surface area contributed by atoms with E-state index < -0.39 is 28.7 Å². The average Bonchev–Trinajstić information content (AvgIpc) is 3.62. The highest BCUT2D eigenvalue weighted by Crippen LogP contribution is 2.69. The number of aryl methyl sites for hydroxylation is 2. The molecule has 3 aliphatic rings. The van der Waals surface area contributed by atoms with Crippen LogP contribution in [0.3, 0.4) is 0 Å². The lowest BCUT2D eigenvalue weighted by Crippen LogP contribution is -2.59. The number of thioether (sulfide) groups is 1. The van der Waals surface area contributed by atoms with Crippen molar-refractivity contribution in [2.75, 3.05) is 29.5 Å². The van der Waals surface area contributed by atoms with Crippen LogP contribution >= 0.6 is 11.8 Å². The zero-order valence-electron chi connectivity index (χ0n) is 27.2. The SMILES string of the molecule is C=CCN(C(=O)[C@@H]1[C@H]2C(=O)N([C@@H](CO)CC(C)C)C(C(=O)N(CC=C)c3cc(C)ccc3C)C23S[C@@H]1CC3C)c1ccccc1. The van der Waals surface area contributed by atoms with Crippen LogP contribution in [0, 0.1) is 37.5 Å². The van der Waals surface area contributed by atoms with Crippen LogP contribution in [0.5, 0.6) is 0 Å². The maximum Gasteiger partial charge on any atom is 0.251 e. The lowest BCUT2D eigenvalue weighted by Gasteiger charge is -2.42. The highest BCUT2D eigenvalue weighted by Gasteiger charge is 2.77. The first-order valence-corrected chi connectivity index (χ1v) is 17.0. The quantitative estimate of drug-likeness (QED) is 0.301. The molecule has 7 nitrogen and oxygen atoms in total. The van der Waals surface area contributed by atoms with Crippen molar-refractivity contribution in [1.29, 1.82) is 0 Å². The number of aliphatic hydroxyl groups excluding tert-OH is 1. The fraction of sp³-hybridized carbons (Fsp3) is 0.486. The van der Waals surface area contributed by atoms with Crippen molar-refractivity contribution in [2.45, 2.75) is 69.5 Å². The second-order valence-corrected chi connectivity index (χ2v) is 14.9. The van der Waals surface area contributed by atoms with Gasteiger partial charge in [-0.1, -0.05) is 63.3 Å². The normalized spacial score (nSPS) is 27.4. The van der Waals surface area contributed by atoms with E-state index in [2.05, 4.69) is 33.9 Å². The van der Waals surface area contributed by atoms with Gasteiger partial charge in [0.25, 0.3) is 5.91 Å². The molecular formula is C37H47N3O4S. The van der Waals surface area contributed by atoms with Crippen molar-refractivity contribution in [1.82, 2.24) is 4.90 Å².